The van der Waals surface area contributed by atoms with Crippen LogP contribution >= 0.6 is 31.9 Å². The molecule has 2 aromatic carbocycles. The van der Waals surface area contributed by atoms with E-state index < -0.39 is 22.0 Å². The Morgan fingerprint density at radius 2 is 0.976 bits per heavy atom. The zero-order chi connectivity index (χ0) is 30.9. The van der Waals surface area contributed by atoms with E-state index in [9.17, 15) is 8.42 Å². The summed E-state index contributed by atoms with van der Waals surface area (Å²) in [4.78, 5) is 0. The molecular formula is C34H48Br2N2O2S2. The summed E-state index contributed by atoms with van der Waals surface area (Å²) in [6, 6.07) is 16.9. The SMILES string of the molecule is CC(C)(C)[S@](=O)N[C@H](c1ccc(Br)cc1)[C@@H]1C=CCCC1.CC(C)(C)[S@](=O)N[C@H](c1ccc(Br)cc1)[C@@H]1C=CCCC1. The van der Waals surface area contributed by atoms with E-state index in [4.69, 9.17) is 0 Å². The first-order valence-corrected chi connectivity index (χ1v) is 18.8. The number of halogens is 2. The average Bonchev–Trinajstić information content (AvgIpc) is 2.96. The second kappa shape index (κ2) is 16.4. The predicted molar refractivity (Wildman–Crippen MR) is 189 cm³/mol. The number of rotatable bonds is 8. The van der Waals surface area contributed by atoms with Crippen molar-refractivity contribution in [1.29, 1.82) is 0 Å². The van der Waals surface area contributed by atoms with Gasteiger partial charge in [0.25, 0.3) is 0 Å². The molecular weight excluding hydrogens is 692 g/mol. The molecule has 0 radical (unpaired) electrons. The highest BCUT2D eigenvalue weighted by Gasteiger charge is 2.29. The summed E-state index contributed by atoms with van der Waals surface area (Å²) in [5.74, 6) is 0.817. The molecule has 0 amide bonds. The van der Waals surface area contributed by atoms with Gasteiger partial charge in [-0.2, -0.15) is 0 Å². The number of benzene rings is 2. The van der Waals surface area contributed by atoms with Crippen LogP contribution in [0.25, 0.3) is 0 Å². The lowest BCUT2D eigenvalue weighted by Crippen LogP contribution is -2.38. The van der Waals surface area contributed by atoms with Crippen LogP contribution in [0.1, 0.15) is 103 Å². The van der Waals surface area contributed by atoms with Gasteiger partial charge in [0.15, 0.2) is 0 Å². The Kier molecular flexibility index (Phi) is 13.9. The third kappa shape index (κ3) is 11.2. The van der Waals surface area contributed by atoms with Crippen LogP contribution in [0.5, 0.6) is 0 Å². The first-order valence-electron chi connectivity index (χ1n) is 15.0. The zero-order valence-corrected chi connectivity index (χ0v) is 30.7. The summed E-state index contributed by atoms with van der Waals surface area (Å²) < 4.78 is 33.4. The van der Waals surface area contributed by atoms with Crippen LogP contribution in [0.4, 0.5) is 0 Å². The smallest absolute Gasteiger partial charge is 0.0976 e. The van der Waals surface area contributed by atoms with Crippen LogP contribution in [0.15, 0.2) is 81.8 Å². The van der Waals surface area contributed by atoms with Crippen molar-refractivity contribution in [3.05, 3.63) is 92.9 Å². The fourth-order valence-electron chi connectivity index (χ4n) is 4.96. The van der Waals surface area contributed by atoms with Gasteiger partial charge in [-0.15, -0.1) is 0 Å². The number of hydrogen-bond acceptors (Lipinski definition) is 2. The molecule has 0 saturated heterocycles. The highest BCUT2D eigenvalue weighted by atomic mass is 79.9. The topological polar surface area (TPSA) is 58.2 Å². The van der Waals surface area contributed by atoms with Gasteiger partial charge in [0.2, 0.25) is 0 Å². The minimum atomic E-state index is -1.07. The van der Waals surface area contributed by atoms with Crippen molar-refractivity contribution in [2.75, 3.05) is 0 Å². The van der Waals surface area contributed by atoms with Crippen molar-refractivity contribution in [1.82, 2.24) is 9.44 Å². The van der Waals surface area contributed by atoms with Crippen LogP contribution in [-0.4, -0.2) is 17.9 Å². The largest absolute Gasteiger partial charge is 0.242 e. The van der Waals surface area contributed by atoms with Gasteiger partial charge in [-0.05, 0) is 127 Å². The molecule has 2 aliphatic rings. The summed E-state index contributed by atoms with van der Waals surface area (Å²) in [6.45, 7) is 12.0. The molecule has 0 saturated carbocycles. The van der Waals surface area contributed by atoms with Gasteiger partial charge in [0.05, 0.1) is 43.5 Å². The molecule has 8 heteroatoms. The third-order valence-corrected chi connectivity index (χ3v) is 11.7. The number of nitrogens with one attached hydrogen (secondary N) is 2. The molecule has 2 aromatic rings. The number of allylic oxidation sites excluding steroid dienone is 2. The number of hydrogen-bond donors (Lipinski definition) is 2. The highest BCUT2D eigenvalue weighted by molar-refractivity contribution is 9.10. The van der Waals surface area contributed by atoms with E-state index in [2.05, 4.69) is 114 Å². The average molecular weight is 741 g/mol. The molecule has 0 bridgehead atoms. The van der Waals surface area contributed by atoms with Crippen molar-refractivity contribution >= 4 is 53.8 Å². The van der Waals surface area contributed by atoms with Crippen LogP contribution in [0.2, 0.25) is 0 Å². The summed E-state index contributed by atoms with van der Waals surface area (Å²) in [7, 11) is -2.14. The van der Waals surface area contributed by atoms with Gasteiger partial charge in [0.1, 0.15) is 0 Å². The maximum Gasteiger partial charge on any atom is 0.0976 e. The molecule has 2 aliphatic carbocycles. The van der Waals surface area contributed by atoms with Gasteiger partial charge >= 0.3 is 0 Å². The molecule has 4 rings (SSSR count). The Morgan fingerprint density at radius 1 is 0.643 bits per heavy atom. The lowest BCUT2D eigenvalue weighted by Gasteiger charge is -2.30. The Morgan fingerprint density at radius 3 is 1.24 bits per heavy atom. The van der Waals surface area contributed by atoms with E-state index in [1.807, 2.05) is 41.5 Å². The minimum Gasteiger partial charge on any atom is -0.242 e. The molecule has 0 spiro atoms. The second-order valence-electron chi connectivity index (χ2n) is 13.1. The summed E-state index contributed by atoms with van der Waals surface area (Å²) >= 11 is 6.96. The normalized spacial score (nSPS) is 22.0. The van der Waals surface area contributed by atoms with Crippen molar-refractivity contribution < 1.29 is 8.42 Å². The zero-order valence-electron chi connectivity index (χ0n) is 25.9. The van der Waals surface area contributed by atoms with Crippen LogP contribution in [-0.2, 0) is 22.0 Å². The van der Waals surface area contributed by atoms with E-state index >= 15 is 0 Å². The monoisotopic (exact) mass is 738 g/mol. The second-order valence-corrected chi connectivity index (χ2v) is 18.9. The summed E-state index contributed by atoms with van der Waals surface area (Å²) in [5, 5.41) is 0. The molecule has 232 valence electrons. The van der Waals surface area contributed by atoms with Crippen LogP contribution in [0, 0.1) is 11.8 Å². The van der Waals surface area contributed by atoms with Crippen molar-refractivity contribution in [2.45, 2.75) is 102 Å². The Bertz CT molecular complexity index is 1130. The van der Waals surface area contributed by atoms with Crippen molar-refractivity contribution in [2.24, 2.45) is 11.8 Å². The highest BCUT2D eigenvalue weighted by Crippen LogP contribution is 2.34. The molecule has 2 N–H and O–H groups in total. The predicted octanol–water partition coefficient (Wildman–Crippen LogP) is 9.80. The van der Waals surface area contributed by atoms with Gasteiger partial charge in [-0.25, -0.2) is 17.9 Å². The molecule has 0 fully saturated rings. The Balaban J connectivity index is 0.000000230. The lowest BCUT2D eigenvalue weighted by atomic mass is 9.86. The first kappa shape index (κ1) is 35.6. The Labute approximate surface area is 276 Å². The molecule has 0 heterocycles. The molecule has 0 aliphatic heterocycles. The third-order valence-electron chi connectivity index (χ3n) is 7.48. The summed E-state index contributed by atoms with van der Waals surface area (Å²) in [5.41, 5.74) is 2.40. The van der Waals surface area contributed by atoms with Gasteiger partial charge in [-0.3, -0.25) is 0 Å². The van der Waals surface area contributed by atoms with Gasteiger partial charge in [0, 0.05) is 8.95 Å². The summed E-state index contributed by atoms with van der Waals surface area (Å²) in [6.07, 6.45) is 16.1. The van der Waals surface area contributed by atoms with E-state index in [1.165, 1.54) is 24.0 Å². The molecule has 42 heavy (non-hydrogen) atoms. The van der Waals surface area contributed by atoms with E-state index in [0.29, 0.717) is 11.8 Å². The fourth-order valence-corrected chi connectivity index (χ4v) is 7.28. The van der Waals surface area contributed by atoms with E-state index in [0.717, 1.165) is 34.6 Å². The van der Waals surface area contributed by atoms with Crippen LogP contribution in [0.3, 0.4) is 0 Å². The Hall–Kier alpha value is -0.900. The molecule has 0 unspecified atom stereocenters. The van der Waals surface area contributed by atoms with E-state index in [-0.39, 0.29) is 21.6 Å². The maximum absolute atomic E-state index is 12.5. The molecule has 6 atom stereocenters. The van der Waals surface area contributed by atoms with Crippen LogP contribution < -0.4 is 9.44 Å². The maximum atomic E-state index is 12.5. The quantitative estimate of drug-likeness (QED) is 0.265. The lowest BCUT2D eigenvalue weighted by molar-refractivity contribution is 0.429. The fraction of sp³-hybridized carbons (Fsp3) is 0.529. The standard InChI is InChI=1S/2C17H24BrNOS/c2*1-17(2,3)21(20)19-16(13-7-5-4-6-8-13)14-9-11-15(18)12-10-14/h2*5,7,9-13,16,19H,4,6,8H2,1-3H3/t2*13-,16+,21+/m11/s1. The van der Waals surface area contributed by atoms with Crippen molar-refractivity contribution in [3.8, 4) is 0 Å². The first-order chi connectivity index (χ1) is 19.8. The van der Waals surface area contributed by atoms with Gasteiger partial charge < -0.3 is 0 Å². The van der Waals surface area contributed by atoms with Crippen molar-refractivity contribution in [3.63, 3.8) is 0 Å². The molecule has 4 nitrogen and oxygen atoms in total. The van der Waals surface area contributed by atoms with E-state index in [1.54, 1.807) is 0 Å². The molecule has 0 aromatic heterocycles. The van der Waals surface area contributed by atoms with Gasteiger partial charge in [-0.1, -0.05) is 80.4 Å². The minimum absolute atomic E-state index is 0.106.